The van der Waals surface area contributed by atoms with Gasteiger partial charge in [-0.25, -0.2) is 4.39 Å². The first-order valence-electron chi connectivity index (χ1n) is 10.4. The van der Waals surface area contributed by atoms with Gasteiger partial charge in [-0.15, -0.1) is 0 Å². The van der Waals surface area contributed by atoms with Crippen LogP contribution in [0.4, 0.5) is 4.39 Å². The molecular weight excluding hydrogens is 397 g/mol. The zero-order chi connectivity index (χ0) is 22.2. The van der Waals surface area contributed by atoms with Crippen LogP contribution in [0.2, 0.25) is 0 Å². The molecule has 0 unspecified atom stereocenters. The maximum Gasteiger partial charge on any atom is 0.245 e. The van der Waals surface area contributed by atoms with Crippen LogP contribution in [0.3, 0.4) is 0 Å². The average Bonchev–Trinajstić information content (AvgIpc) is 2.78. The molecule has 2 aromatic carbocycles. The van der Waals surface area contributed by atoms with Crippen molar-refractivity contribution in [2.24, 2.45) is 0 Å². The molecule has 31 heavy (non-hydrogen) atoms. The second-order valence-electron chi connectivity index (χ2n) is 7.68. The van der Waals surface area contributed by atoms with Crippen molar-refractivity contribution in [1.29, 1.82) is 0 Å². The fourth-order valence-electron chi connectivity index (χ4n) is 3.71. The number of benzene rings is 2. The molecule has 6 nitrogen and oxygen atoms in total. The molecule has 7 heteroatoms. The van der Waals surface area contributed by atoms with Gasteiger partial charge in [0.05, 0.1) is 38.9 Å². The summed E-state index contributed by atoms with van der Waals surface area (Å²) < 4.78 is 18.9. The lowest BCUT2D eigenvalue weighted by Gasteiger charge is -2.33. The molecule has 0 spiro atoms. The van der Waals surface area contributed by atoms with E-state index in [-0.39, 0.29) is 17.6 Å². The number of quaternary nitrogens is 1. The second kappa shape index (κ2) is 10.7. The van der Waals surface area contributed by atoms with Crippen molar-refractivity contribution in [3.63, 3.8) is 0 Å². The number of amides is 2. The number of piperazine rings is 1. The van der Waals surface area contributed by atoms with E-state index in [0.717, 1.165) is 24.2 Å². The van der Waals surface area contributed by atoms with Crippen molar-refractivity contribution in [3.05, 3.63) is 71.6 Å². The molecule has 3 rings (SSSR count). The van der Waals surface area contributed by atoms with Crippen molar-refractivity contribution in [1.82, 2.24) is 10.2 Å². The summed E-state index contributed by atoms with van der Waals surface area (Å²) in [5.41, 5.74) is 1.74. The molecule has 0 aromatic heterocycles. The quantitative estimate of drug-likeness (QED) is 0.656. The van der Waals surface area contributed by atoms with Crippen molar-refractivity contribution >= 4 is 17.9 Å². The van der Waals surface area contributed by atoms with Crippen molar-refractivity contribution in [2.75, 3.05) is 33.3 Å². The molecule has 0 saturated carbocycles. The highest BCUT2D eigenvalue weighted by Gasteiger charge is 2.28. The highest BCUT2D eigenvalue weighted by atomic mass is 19.1. The summed E-state index contributed by atoms with van der Waals surface area (Å²) in [5.74, 6) is -0.00166. The van der Waals surface area contributed by atoms with Crippen LogP contribution in [0.25, 0.3) is 6.08 Å². The molecule has 0 bridgehead atoms. The van der Waals surface area contributed by atoms with Gasteiger partial charge in [-0.2, -0.15) is 0 Å². The lowest BCUT2D eigenvalue weighted by atomic mass is 10.1. The first kappa shape index (κ1) is 22.5. The summed E-state index contributed by atoms with van der Waals surface area (Å²) in [6.45, 7) is 5.02. The number of nitrogens with zero attached hydrogens (tertiary/aromatic N) is 1. The van der Waals surface area contributed by atoms with E-state index in [0.29, 0.717) is 25.4 Å². The number of ether oxygens (including phenoxy) is 1. The molecule has 0 radical (unpaired) electrons. The number of rotatable bonds is 7. The Morgan fingerprint density at radius 3 is 2.58 bits per heavy atom. The lowest BCUT2D eigenvalue weighted by Crippen LogP contribution is -3.13. The van der Waals surface area contributed by atoms with E-state index in [2.05, 4.69) is 5.32 Å². The number of nitrogens with one attached hydrogen (secondary N) is 2. The molecule has 0 aliphatic carbocycles. The molecule has 1 saturated heterocycles. The van der Waals surface area contributed by atoms with Crippen LogP contribution < -0.4 is 15.0 Å². The first-order chi connectivity index (χ1) is 15.0. The van der Waals surface area contributed by atoms with E-state index in [4.69, 9.17) is 4.74 Å². The van der Waals surface area contributed by atoms with Crippen LogP contribution >= 0.6 is 0 Å². The molecular formula is C24H29FN3O3+. The zero-order valence-electron chi connectivity index (χ0n) is 17.9. The minimum atomic E-state index is -0.599. The van der Waals surface area contributed by atoms with Crippen LogP contribution in [-0.4, -0.2) is 56.0 Å². The third-order valence-electron chi connectivity index (χ3n) is 5.42. The summed E-state index contributed by atoms with van der Waals surface area (Å²) in [5, 5.41) is 2.74. The Hall–Kier alpha value is -3.19. The third kappa shape index (κ3) is 6.39. The molecule has 1 aliphatic rings. The minimum absolute atomic E-state index is 0.0937. The summed E-state index contributed by atoms with van der Waals surface area (Å²) >= 11 is 0. The normalized spacial score (nSPS) is 15.6. The average molecular weight is 427 g/mol. The predicted octanol–water partition coefficient (Wildman–Crippen LogP) is 1.28. The van der Waals surface area contributed by atoms with Crippen molar-refractivity contribution < 1.29 is 23.6 Å². The molecule has 164 valence electrons. The Kier molecular flexibility index (Phi) is 7.78. The smallest absolute Gasteiger partial charge is 0.245 e. The number of carbonyl (C=O) groups excluding carboxylic acids is 2. The van der Waals surface area contributed by atoms with Gasteiger partial charge in [0.25, 0.3) is 0 Å². The Bertz CT molecular complexity index is 925. The molecule has 1 heterocycles. The van der Waals surface area contributed by atoms with Crippen LogP contribution in [0.15, 0.2) is 54.6 Å². The standard InChI is InChI=1S/C24H28FN3O3/c1-18(26-23(29)11-8-19-6-4-3-5-7-19)24(30)28-14-12-27(13-15-28)17-20-16-21(25)9-10-22(20)31-2/h3-11,16,18H,12-15,17H2,1-2H3,(H,26,29)/p+1/b11-8+/t18-/m0/s1. The van der Waals surface area contributed by atoms with Gasteiger partial charge >= 0.3 is 0 Å². The molecule has 1 atom stereocenters. The van der Waals surface area contributed by atoms with Gasteiger partial charge in [0, 0.05) is 6.08 Å². The van der Waals surface area contributed by atoms with Crippen LogP contribution in [0, 0.1) is 5.82 Å². The number of hydrogen-bond donors (Lipinski definition) is 2. The number of hydrogen-bond acceptors (Lipinski definition) is 3. The van der Waals surface area contributed by atoms with Gasteiger partial charge in [-0.1, -0.05) is 30.3 Å². The first-order valence-corrected chi connectivity index (χ1v) is 10.4. The Labute approximate surface area is 182 Å². The summed E-state index contributed by atoms with van der Waals surface area (Å²) in [6, 6.07) is 13.4. The Morgan fingerprint density at radius 1 is 1.19 bits per heavy atom. The van der Waals surface area contributed by atoms with Crippen LogP contribution in [0.1, 0.15) is 18.1 Å². The highest BCUT2D eigenvalue weighted by Crippen LogP contribution is 2.18. The summed E-state index contributed by atoms with van der Waals surface area (Å²) in [6.07, 6.45) is 3.16. The summed E-state index contributed by atoms with van der Waals surface area (Å²) in [7, 11) is 1.58. The fraction of sp³-hybridized carbons (Fsp3) is 0.333. The largest absolute Gasteiger partial charge is 0.496 e. The van der Waals surface area contributed by atoms with E-state index in [1.54, 1.807) is 31.1 Å². The Morgan fingerprint density at radius 2 is 1.90 bits per heavy atom. The fourth-order valence-corrected chi connectivity index (χ4v) is 3.71. The minimum Gasteiger partial charge on any atom is -0.496 e. The molecule has 1 aliphatic heterocycles. The van der Waals surface area contributed by atoms with Gasteiger partial charge in [0.1, 0.15) is 24.2 Å². The number of methoxy groups -OCH3 is 1. The van der Waals surface area contributed by atoms with Gasteiger partial charge in [-0.3, -0.25) is 9.59 Å². The van der Waals surface area contributed by atoms with E-state index >= 15 is 0 Å². The van der Waals surface area contributed by atoms with Crippen molar-refractivity contribution in [3.8, 4) is 5.75 Å². The van der Waals surface area contributed by atoms with Crippen LogP contribution in [0.5, 0.6) is 5.75 Å². The van der Waals surface area contributed by atoms with Gasteiger partial charge < -0.3 is 19.9 Å². The second-order valence-corrected chi connectivity index (χ2v) is 7.68. The lowest BCUT2D eigenvalue weighted by molar-refractivity contribution is -0.917. The van der Waals surface area contributed by atoms with Crippen LogP contribution in [-0.2, 0) is 16.1 Å². The molecule has 2 aromatic rings. The maximum atomic E-state index is 13.6. The molecule has 2 amide bonds. The predicted molar refractivity (Wildman–Crippen MR) is 117 cm³/mol. The topological polar surface area (TPSA) is 63.1 Å². The van der Waals surface area contributed by atoms with E-state index in [9.17, 15) is 14.0 Å². The third-order valence-corrected chi connectivity index (χ3v) is 5.42. The summed E-state index contributed by atoms with van der Waals surface area (Å²) in [4.78, 5) is 27.9. The van der Waals surface area contributed by atoms with Gasteiger partial charge in [0.15, 0.2) is 0 Å². The van der Waals surface area contributed by atoms with E-state index < -0.39 is 6.04 Å². The number of halogens is 1. The SMILES string of the molecule is COc1ccc(F)cc1C[NH+]1CCN(C(=O)[C@H](C)NC(=O)/C=C/c2ccccc2)CC1. The molecule has 1 fully saturated rings. The molecule has 2 N–H and O–H groups in total. The Balaban J connectivity index is 1.47. The zero-order valence-corrected chi connectivity index (χ0v) is 17.9. The van der Waals surface area contributed by atoms with Crippen molar-refractivity contribution in [2.45, 2.75) is 19.5 Å². The monoisotopic (exact) mass is 426 g/mol. The highest BCUT2D eigenvalue weighted by molar-refractivity contribution is 5.95. The van der Waals surface area contributed by atoms with Gasteiger partial charge in [-0.05, 0) is 36.8 Å². The maximum absolute atomic E-state index is 13.6. The van der Waals surface area contributed by atoms with E-state index in [1.807, 2.05) is 30.3 Å². The van der Waals surface area contributed by atoms with Gasteiger partial charge in [0.2, 0.25) is 11.8 Å². The number of carbonyl (C=O) groups is 2. The van der Waals surface area contributed by atoms with E-state index in [1.165, 1.54) is 23.1 Å².